The summed E-state index contributed by atoms with van der Waals surface area (Å²) >= 11 is 0. The molecule has 4 heterocycles. The summed E-state index contributed by atoms with van der Waals surface area (Å²) in [5.74, 6) is 0.920. The zero-order chi connectivity index (χ0) is 19.8. The standard InChI is InChI=1S/C21H24N6O2/c28-19-17-14-22-27(16-6-2-1-3-7-16)18(17)23-21(24-19)26-12-8-15(9-13-26)20(29)25-10-4-5-11-25/h1-3,6-7,14-15H,4-5,8-13H2,(H,23,24,28). The highest BCUT2D eigenvalue weighted by molar-refractivity contribution is 5.79. The van der Waals surface area contributed by atoms with Crippen molar-refractivity contribution in [2.45, 2.75) is 25.7 Å². The first-order valence-corrected chi connectivity index (χ1v) is 10.3. The Morgan fingerprint density at radius 2 is 1.76 bits per heavy atom. The van der Waals surface area contributed by atoms with Crippen molar-refractivity contribution in [2.24, 2.45) is 5.92 Å². The number of benzene rings is 1. The lowest BCUT2D eigenvalue weighted by atomic mass is 9.95. The van der Waals surface area contributed by atoms with E-state index < -0.39 is 0 Å². The van der Waals surface area contributed by atoms with Crippen molar-refractivity contribution in [1.82, 2.24) is 24.6 Å². The molecule has 0 aliphatic carbocycles. The van der Waals surface area contributed by atoms with Crippen LogP contribution in [0.15, 0.2) is 41.3 Å². The third-order valence-corrected chi connectivity index (χ3v) is 5.99. The number of amides is 1. The van der Waals surface area contributed by atoms with E-state index in [0.29, 0.717) is 36.0 Å². The van der Waals surface area contributed by atoms with E-state index in [4.69, 9.17) is 4.98 Å². The topological polar surface area (TPSA) is 87.1 Å². The summed E-state index contributed by atoms with van der Waals surface area (Å²) < 4.78 is 1.69. The predicted octanol–water partition coefficient (Wildman–Crippen LogP) is 1.95. The van der Waals surface area contributed by atoms with Crippen LogP contribution in [0.4, 0.5) is 5.95 Å². The zero-order valence-electron chi connectivity index (χ0n) is 16.3. The fourth-order valence-electron chi connectivity index (χ4n) is 4.35. The van der Waals surface area contributed by atoms with Crippen LogP contribution in [0.25, 0.3) is 16.7 Å². The smallest absolute Gasteiger partial charge is 0.263 e. The number of carbonyl (C=O) groups is 1. The molecule has 3 aromatic rings. The van der Waals surface area contributed by atoms with Gasteiger partial charge in [-0.3, -0.25) is 14.6 Å². The van der Waals surface area contributed by atoms with E-state index in [1.54, 1.807) is 10.9 Å². The molecule has 2 saturated heterocycles. The van der Waals surface area contributed by atoms with Crippen molar-refractivity contribution < 1.29 is 4.79 Å². The quantitative estimate of drug-likeness (QED) is 0.736. The van der Waals surface area contributed by atoms with E-state index in [0.717, 1.165) is 44.5 Å². The van der Waals surface area contributed by atoms with Crippen molar-refractivity contribution >= 4 is 22.9 Å². The molecule has 0 bridgehead atoms. The van der Waals surface area contributed by atoms with E-state index in [9.17, 15) is 9.59 Å². The minimum absolute atomic E-state index is 0.0784. The van der Waals surface area contributed by atoms with Crippen LogP contribution in [-0.2, 0) is 4.79 Å². The molecule has 0 saturated carbocycles. The van der Waals surface area contributed by atoms with Gasteiger partial charge in [0.1, 0.15) is 5.39 Å². The number of piperidine rings is 1. The molecular weight excluding hydrogens is 368 g/mol. The largest absolute Gasteiger partial charge is 0.342 e. The number of para-hydroxylation sites is 1. The molecular formula is C21H24N6O2. The Kier molecular flexibility index (Phi) is 4.54. The van der Waals surface area contributed by atoms with Crippen molar-refractivity contribution in [3.63, 3.8) is 0 Å². The minimum Gasteiger partial charge on any atom is -0.342 e. The molecule has 8 nitrogen and oxygen atoms in total. The van der Waals surface area contributed by atoms with Crippen molar-refractivity contribution in [2.75, 3.05) is 31.1 Å². The van der Waals surface area contributed by atoms with Crippen LogP contribution < -0.4 is 10.5 Å². The number of carbonyl (C=O) groups excluding carboxylic acids is 1. The second-order valence-electron chi connectivity index (χ2n) is 7.81. The van der Waals surface area contributed by atoms with Gasteiger partial charge in [-0.2, -0.15) is 10.1 Å². The summed E-state index contributed by atoms with van der Waals surface area (Å²) in [6, 6.07) is 9.67. The number of hydrogen-bond donors (Lipinski definition) is 1. The average Bonchev–Trinajstić information content (AvgIpc) is 3.44. The Morgan fingerprint density at radius 1 is 1.03 bits per heavy atom. The lowest BCUT2D eigenvalue weighted by molar-refractivity contribution is -0.135. The molecule has 0 spiro atoms. The number of fused-ring (bicyclic) bond motifs is 1. The summed E-state index contributed by atoms with van der Waals surface area (Å²) in [5.41, 5.74) is 1.22. The minimum atomic E-state index is -0.192. The van der Waals surface area contributed by atoms with Crippen LogP contribution >= 0.6 is 0 Å². The highest BCUT2D eigenvalue weighted by atomic mass is 16.2. The molecule has 29 heavy (non-hydrogen) atoms. The van der Waals surface area contributed by atoms with Crippen molar-refractivity contribution in [3.05, 3.63) is 46.9 Å². The molecule has 1 aromatic carbocycles. The van der Waals surface area contributed by atoms with Gasteiger partial charge in [-0.1, -0.05) is 18.2 Å². The summed E-state index contributed by atoms with van der Waals surface area (Å²) in [5, 5.41) is 4.83. The van der Waals surface area contributed by atoms with Gasteiger partial charge in [0.05, 0.1) is 11.9 Å². The van der Waals surface area contributed by atoms with Crippen molar-refractivity contribution in [3.8, 4) is 5.69 Å². The lowest BCUT2D eigenvalue weighted by Crippen LogP contribution is -2.42. The molecule has 0 atom stereocenters. The highest BCUT2D eigenvalue weighted by Crippen LogP contribution is 2.24. The third-order valence-electron chi connectivity index (χ3n) is 5.99. The third kappa shape index (κ3) is 3.28. The summed E-state index contributed by atoms with van der Waals surface area (Å²) in [6.07, 6.45) is 5.36. The Balaban J connectivity index is 1.38. The molecule has 1 amide bonds. The van der Waals surface area contributed by atoms with Gasteiger partial charge in [0.2, 0.25) is 11.9 Å². The lowest BCUT2D eigenvalue weighted by Gasteiger charge is -2.33. The van der Waals surface area contributed by atoms with Gasteiger partial charge in [-0.05, 0) is 37.8 Å². The maximum Gasteiger partial charge on any atom is 0.263 e. The van der Waals surface area contributed by atoms with Gasteiger partial charge in [-0.25, -0.2) is 4.68 Å². The number of nitrogens with one attached hydrogen (secondary N) is 1. The van der Waals surface area contributed by atoms with Crippen LogP contribution in [0.3, 0.4) is 0 Å². The Hall–Kier alpha value is -3.16. The fourth-order valence-corrected chi connectivity index (χ4v) is 4.35. The van der Waals surface area contributed by atoms with Crippen molar-refractivity contribution in [1.29, 1.82) is 0 Å². The summed E-state index contributed by atoms with van der Waals surface area (Å²) in [6.45, 7) is 3.21. The maximum absolute atomic E-state index is 12.7. The second kappa shape index (κ2) is 7.35. The number of rotatable bonds is 3. The molecule has 2 aliphatic heterocycles. The highest BCUT2D eigenvalue weighted by Gasteiger charge is 2.30. The van der Waals surface area contributed by atoms with E-state index in [1.165, 1.54) is 0 Å². The Morgan fingerprint density at radius 3 is 2.48 bits per heavy atom. The molecule has 150 valence electrons. The molecule has 5 rings (SSSR count). The van der Waals surface area contributed by atoms with Crippen LogP contribution in [0.2, 0.25) is 0 Å². The van der Waals surface area contributed by atoms with E-state index in [2.05, 4.69) is 15.0 Å². The maximum atomic E-state index is 12.7. The molecule has 2 aromatic heterocycles. The number of H-pyrrole nitrogens is 1. The summed E-state index contributed by atoms with van der Waals surface area (Å²) in [7, 11) is 0. The van der Waals surface area contributed by atoms with Gasteiger partial charge in [-0.15, -0.1) is 0 Å². The molecule has 0 unspecified atom stereocenters. The average molecular weight is 392 g/mol. The second-order valence-corrected chi connectivity index (χ2v) is 7.81. The number of aromatic nitrogens is 4. The summed E-state index contributed by atoms with van der Waals surface area (Å²) in [4.78, 5) is 36.9. The van der Waals surface area contributed by atoms with Crippen LogP contribution in [0.1, 0.15) is 25.7 Å². The van der Waals surface area contributed by atoms with Gasteiger partial charge in [0, 0.05) is 32.1 Å². The first-order valence-electron chi connectivity index (χ1n) is 10.3. The molecule has 8 heteroatoms. The number of aromatic amines is 1. The van der Waals surface area contributed by atoms with Gasteiger partial charge in [0.15, 0.2) is 5.65 Å². The normalized spacial score (nSPS) is 17.9. The monoisotopic (exact) mass is 392 g/mol. The predicted molar refractivity (Wildman–Crippen MR) is 110 cm³/mol. The number of nitrogens with zero attached hydrogens (tertiary/aromatic N) is 5. The van der Waals surface area contributed by atoms with Gasteiger partial charge in [0.25, 0.3) is 5.56 Å². The van der Waals surface area contributed by atoms with Crippen LogP contribution in [0, 0.1) is 5.92 Å². The molecule has 2 fully saturated rings. The zero-order valence-corrected chi connectivity index (χ0v) is 16.3. The first-order chi connectivity index (χ1) is 14.2. The Labute approximate surface area is 168 Å². The number of likely N-dealkylation sites (tertiary alicyclic amines) is 1. The van der Waals surface area contributed by atoms with E-state index >= 15 is 0 Å². The van der Waals surface area contributed by atoms with Gasteiger partial charge >= 0.3 is 0 Å². The van der Waals surface area contributed by atoms with E-state index in [1.807, 2.05) is 35.2 Å². The van der Waals surface area contributed by atoms with Gasteiger partial charge < -0.3 is 9.80 Å². The van der Waals surface area contributed by atoms with Crippen LogP contribution in [0.5, 0.6) is 0 Å². The Bertz CT molecular complexity index is 1080. The molecule has 0 radical (unpaired) electrons. The first kappa shape index (κ1) is 17.9. The fraction of sp³-hybridized carbons (Fsp3) is 0.429. The molecule has 1 N–H and O–H groups in total. The van der Waals surface area contributed by atoms with Crippen LogP contribution in [-0.4, -0.2) is 56.7 Å². The molecule has 2 aliphatic rings. The van der Waals surface area contributed by atoms with E-state index in [-0.39, 0.29) is 11.5 Å². The number of hydrogen-bond acceptors (Lipinski definition) is 5. The SMILES string of the molecule is O=C(C1CCN(c2nc3c(cnn3-c3ccccc3)c(=O)[nH]2)CC1)N1CCCC1. The number of anilines is 1.